The first-order chi connectivity index (χ1) is 11.1. The lowest BCUT2D eigenvalue weighted by Gasteiger charge is -2.06. The fraction of sp³-hybridized carbons (Fsp3) is 0.0667. The van der Waals surface area contributed by atoms with Crippen molar-refractivity contribution in [3.8, 4) is 11.5 Å². The van der Waals surface area contributed by atoms with Gasteiger partial charge in [-0.15, -0.1) is 0 Å². The molecule has 0 unspecified atom stereocenters. The standard InChI is InChI=1S/C15H14N4O3S/c16-15(23)19-18-8-11-6-7-13(9-17-11)22-14(20)10-21-12-4-2-1-3-5-12/h1-9H,10H2,(H3,16,19,23)/b18-8+. The van der Waals surface area contributed by atoms with Gasteiger partial charge < -0.3 is 15.2 Å². The molecule has 8 heteroatoms. The third kappa shape index (κ3) is 6.10. The van der Waals surface area contributed by atoms with Crippen molar-refractivity contribution in [2.24, 2.45) is 10.8 Å². The summed E-state index contributed by atoms with van der Waals surface area (Å²) < 4.78 is 10.4. The maximum absolute atomic E-state index is 11.7. The minimum atomic E-state index is -0.521. The van der Waals surface area contributed by atoms with E-state index in [1.807, 2.05) is 18.2 Å². The summed E-state index contributed by atoms with van der Waals surface area (Å²) in [6.45, 7) is -0.189. The average Bonchev–Trinajstić information content (AvgIpc) is 2.55. The number of para-hydroxylation sites is 1. The van der Waals surface area contributed by atoms with E-state index in [0.717, 1.165) is 0 Å². The van der Waals surface area contributed by atoms with Crippen molar-refractivity contribution < 1.29 is 14.3 Å². The molecule has 23 heavy (non-hydrogen) atoms. The first-order valence-electron chi connectivity index (χ1n) is 6.56. The van der Waals surface area contributed by atoms with Crippen LogP contribution in [0.2, 0.25) is 0 Å². The molecule has 2 rings (SSSR count). The number of benzene rings is 1. The minimum Gasteiger partial charge on any atom is -0.482 e. The van der Waals surface area contributed by atoms with E-state index in [1.54, 1.807) is 24.3 Å². The number of pyridine rings is 1. The molecule has 0 radical (unpaired) electrons. The van der Waals surface area contributed by atoms with Gasteiger partial charge in [0.05, 0.1) is 18.1 Å². The van der Waals surface area contributed by atoms with Gasteiger partial charge in [0.1, 0.15) is 11.5 Å². The van der Waals surface area contributed by atoms with Gasteiger partial charge >= 0.3 is 5.97 Å². The Morgan fingerprint density at radius 3 is 2.70 bits per heavy atom. The minimum absolute atomic E-state index is 0.0604. The fourth-order valence-electron chi connectivity index (χ4n) is 1.51. The summed E-state index contributed by atoms with van der Waals surface area (Å²) in [4.78, 5) is 15.7. The molecule has 0 aliphatic heterocycles. The van der Waals surface area contributed by atoms with E-state index < -0.39 is 5.97 Å². The van der Waals surface area contributed by atoms with Crippen LogP contribution in [0.4, 0.5) is 0 Å². The van der Waals surface area contributed by atoms with Crippen LogP contribution >= 0.6 is 12.2 Å². The number of hydrogen-bond donors (Lipinski definition) is 2. The molecule has 0 saturated heterocycles. The van der Waals surface area contributed by atoms with Gasteiger partial charge in [0.25, 0.3) is 0 Å². The van der Waals surface area contributed by atoms with Crippen molar-refractivity contribution >= 4 is 29.5 Å². The Morgan fingerprint density at radius 1 is 1.26 bits per heavy atom. The summed E-state index contributed by atoms with van der Waals surface area (Å²) in [6, 6.07) is 12.2. The molecule has 1 aromatic heterocycles. The molecule has 3 N–H and O–H groups in total. The molecule has 2 aromatic rings. The topological polar surface area (TPSA) is 98.8 Å². The van der Waals surface area contributed by atoms with Crippen molar-refractivity contribution in [2.75, 3.05) is 6.61 Å². The van der Waals surface area contributed by atoms with E-state index in [4.69, 9.17) is 15.2 Å². The molecule has 0 aliphatic carbocycles. The SMILES string of the molecule is NC(=S)N/N=C/c1ccc(OC(=O)COc2ccccc2)cn1. The molecule has 0 atom stereocenters. The number of nitrogens with one attached hydrogen (secondary N) is 1. The Morgan fingerprint density at radius 2 is 2.04 bits per heavy atom. The number of hydrazone groups is 1. The molecule has 0 amide bonds. The van der Waals surface area contributed by atoms with Gasteiger partial charge in [0, 0.05) is 0 Å². The summed E-state index contributed by atoms with van der Waals surface area (Å²) in [6.07, 6.45) is 2.84. The predicted octanol–water partition coefficient (Wildman–Crippen LogP) is 1.23. The van der Waals surface area contributed by atoms with Crippen molar-refractivity contribution in [3.63, 3.8) is 0 Å². The monoisotopic (exact) mass is 330 g/mol. The summed E-state index contributed by atoms with van der Waals surface area (Å²) in [5.41, 5.74) is 8.18. The Bertz CT molecular complexity index is 690. The van der Waals surface area contributed by atoms with Crippen LogP contribution < -0.4 is 20.6 Å². The zero-order valence-corrected chi connectivity index (χ0v) is 12.8. The van der Waals surface area contributed by atoms with Gasteiger partial charge in [0.2, 0.25) is 0 Å². The van der Waals surface area contributed by atoms with Gasteiger partial charge in [-0.3, -0.25) is 10.4 Å². The fourth-order valence-corrected chi connectivity index (χ4v) is 1.56. The highest BCUT2D eigenvalue weighted by Crippen LogP contribution is 2.10. The normalized spacial score (nSPS) is 10.3. The number of esters is 1. The number of aromatic nitrogens is 1. The highest BCUT2D eigenvalue weighted by molar-refractivity contribution is 7.80. The summed E-state index contributed by atoms with van der Waals surface area (Å²) in [5.74, 6) is 0.387. The molecule has 0 spiro atoms. The van der Waals surface area contributed by atoms with Crippen molar-refractivity contribution in [1.82, 2.24) is 10.4 Å². The smallest absolute Gasteiger partial charge is 0.349 e. The number of hydrogen-bond acceptors (Lipinski definition) is 6. The molecule has 118 valence electrons. The van der Waals surface area contributed by atoms with Gasteiger partial charge in [-0.25, -0.2) is 4.79 Å². The van der Waals surface area contributed by atoms with Gasteiger partial charge in [0.15, 0.2) is 11.7 Å². The largest absolute Gasteiger partial charge is 0.482 e. The highest BCUT2D eigenvalue weighted by Gasteiger charge is 2.06. The van der Waals surface area contributed by atoms with E-state index in [1.165, 1.54) is 12.4 Å². The lowest BCUT2D eigenvalue weighted by atomic mass is 10.3. The molecule has 1 heterocycles. The number of ether oxygens (including phenoxy) is 2. The van der Waals surface area contributed by atoms with Crippen LogP contribution in [0.3, 0.4) is 0 Å². The number of carbonyl (C=O) groups is 1. The van der Waals surface area contributed by atoms with E-state index >= 15 is 0 Å². The van der Waals surface area contributed by atoms with Crippen LogP contribution in [0.5, 0.6) is 11.5 Å². The van der Waals surface area contributed by atoms with Crippen molar-refractivity contribution in [2.45, 2.75) is 0 Å². The van der Waals surface area contributed by atoms with Gasteiger partial charge in [-0.1, -0.05) is 18.2 Å². The van der Waals surface area contributed by atoms with E-state index in [2.05, 4.69) is 27.7 Å². The molecular weight excluding hydrogens is 316 g/mol. The molecule has 7 nitrogen and oxygen atoms in total. The van der Waals surface area contributed by atoms with E-state index in [0.29, 0.717) is 17.2 Å². The Labute approximate surface area is 138 Å². The Kier molecular flexibility index (Phi) is 6.01. The second-order valence-corrected chi connectivity index (χ2v) is 4.67. The number of nitrogens with zero attached hydrogens (tertiary/aromatic N) is 2. The van der Waals surface area contributed by atoms with Crippen molar-refractivity contribution in [1.29, 1.82) is 0 Å². The van der Waals surface area contributed by atoms with Crippen LogP contribution in [-0.4, -0.2) is 28.9 Å². The molecule has 0 aliphatic rings. The second-order valence-electron chi connectivity index (χ2n) is 4.23. The zero-order chi connectivity index (χ0) is 16.5. The quantitative estimate of drug-likeness (QED) is 0.356. The van der Waals surface area contributed by atoms with Crippen LogP contribution in [0.15, 0.2) is 53.8 Å². The highest BCUT2D eigenvalue weighted by atomic mass is 32.1. The van der Waals surface area contributed by atoms with Crippen LogP contribution in [0.1, 0.15) is 5.69 Å². The number of nitrogens with two attached hydrogens (primary N) is 1. The molecular formula is C15H14N4O3S. The number of carbonyl (C=O) groups excluding carboxylic acids is 1. The Hall–Kier alpha value is -3.00. The zero-order valence-electron chi connectivity index (χ0n) is 12.0. The lowest BCUT2D eigenvalue weighted by molar-refractivity contribution is -0.136. The molecule has 0 bridgehead atoms. The first kappa shape index (κ1) is 16.4. The number of thiocarbonyl (C=S) groups is 1. The predicted molar refractivity (Wildman–Crippen MR) is 89.3 cm³/mol. The first-order valence-corrected chi connectivity index (χ1v) is 6.97. The van der Waals surface area contributed by atoms with Crippen molar-refractivity contribution in [3.05, 3.63) is 54.4 Å². The number of rotatable bonds is 6. The van der Waals surface area contributed by atoms with E-state index in [-0.39, 0.29) is 11.7 Å². The average molecular weight is 330 g/mol. The van der Waals surface area contributed by atoms with Crippen LogP contribution in [0.25, 0.3) is 0 Å². The summed E-state index contributed by atoms with van der Waals surface area (Å²) in [7, 11) is 0. The summed E-state index contributed by atoms with van der Waals surface area (Å²) in [5, 5.41) is 3.82. The van der Waals surface area contributed by atoms with Crippen LogP contribution in [-0.2, 0) is 4.79 Å². The molecule has 0 saturated carbocycles. The molecule has 0 fully saturated rings. The van der Waals surface area contributed by atoms with E-state index in [9.17, 15) is 4.79 Å². The molecule has 1 aromatic carbocycles. The second kappa shape index (κ2) is 8.44. The summed E-state index contributed by atoms with van der Waals surface area (Å²) >= 11 is 4.60. The maximum Gasteiger partial charge on any atom is 0.349 e. The third-order valence-electron chi connectivity index (χ3n) is 2.46. The van der Waals surface area contributed by atoms with Crippen LogP contribution in [0, 0.1) is 0 Å². The third-order valence-corrected chi connectivity index (χ3v) is 2.55. The Balaban J connectivity index is 1.82. The maximum atomic E-state index is 11.7. The van der Waals surface area contributed by atoms with Gasteiger partial charge in [-0.2, -0.15) is 5.10 Å². The lowest BCUT2D eigenvalue weighted by Crippen LogP contribution is -2.24. The van der Waals surface area contributed by atoms with Gasteiger partial charge in [-0.05, 0) is 36.5 Å².